The van der Waals surface area contributed by atoms with Gasteiger partial charge in [0.1, 0.15) is 0 Å². The maximum atomic E-state index is 12.3. The number of carbonyl (C=O) groups is 2. The molecule has 25 heavy (non-hydrogen) atoms. The lowest BCUT2D eigenvalue weighted by molar-refractivity contribution is -0.170. The normalized spacial score (nSPS) is 12.0. The van der Waals surface area contributed by atoms with Crippen molar-refractivity contribution in [3.63, 3.8) is 0 Å². The van der Waals surface area contributed by atoms with Gasteiger partial charge in [-0.05, 0) is 25.8 Å². The summed E-state index contributed by atoms with van der Waals surface area (Å²) in [6.07, 6.45) is 3.01. The first-order valence-electron chi connectivity index (χ1n) is 9.12. The summed E-state index contributed by atoms with van der Waals surface area (Å²) in [5.74, 6) is -2.19. The summed E-state index contributed by atoms with van der Waals surface area (Å²) in [6.45, 7) is 6.32. The van der Waals surface area contributed by atoms with E-state index in [1.165, 1.54) is 0 Å². The van der Waals surface area contributed by atoms with Crippen LogP contribution in [0.1, 0.15) is 52.0 Å². The predicted octanol–water partition coefficient (Wildman–Crippen LogP) is 3.89. The predicted molar refractivity (Wildman–Crippen MR) is 95.9 cm³/mol. The minimum absolute atomic E-state index is 0.217. The van der Waals surface area contributed by atoms with Gasteiger partial charge in [0.15, 0.2) is 5.92 Å². The highest BCUT2D eigenvalue weighted by atomic mass is 16.6. The molecule has 1 aromatic carbocycles. The summed E-state index contributed by atoms with van der Waals surface area (Å²) in [5, 5.41) is 0. The fourth-order valence-electron chi connectivity index (χ4n) is 2.58. The zero-order chi connectivity index (χ0) is 18.5. The molecular formula is C20H30O5. The van der Waals surface area contributed by atoms with Crippen molar-refractivity contribution in [3.8, 4) is 0 Å². The SMILES string of the molecule is CCCCCC(OCc1ccccc1)C(C(=O)OCC)C(=O)OCC. The van der Waals surface area contributed by atoms with Gasteiger partial charge in [0.25, 0.3) is 0 Å². The van der Waals surface area contributed by atoms with Crippen molar-refractivity contribution < 1.29 is 23.8 Å². The highest BCUT2D eigenvalue weighted by Crippen LogP contribution is 2.21. The maximum absolute atomic E-state index is 12.3. The van der Waals surface area contributed by atoms with Crippen LogP contribution < -0.4 is 0 Å². The number of esters is 2. The van der Waals surface area contributed by atoms with Crippen LogP contribution in [-0.2, 0) is 30.4 Å². The van der Waals surface area contributed by atoms with E-state index in [-0.39, 0.29) is 13.2 Å². The molecule has 140 valence electrons. The maximum Gasteiger partial charge on any atom is 0.323 e. The highest BCUT2D eigenvalue weighted by molar-refractivity contribution is 5.95. The lowest BCUT2D eigenvalue weighted by atomic mass is 9.97. The van der Waals surface area contributed by atoms with Gasteiger partial charge in [0, 0.05) is 0 Å². The first-order chi connectivity index (χ1) is 12.1. The van der Waals surface area contributed by atoms with Crippen LogP contribution in [0, 0.1) is 5.92 Å². The second kappa shape index (κ2) is 12.5. The van der Waals surface area contributed by atoms with E-state index >= 15 is 0 Å². The van der Waals surface area contributed by atoms with Crippen LogP contribution in [0.15, 0.2) is 30.3 Å². The molecule has 0 radical (unpaired) electrons. The standard InChI is InChI=1S/C20H30O5/c1-4-7-9-14-17(25-15-16-12-10-8-11-13-16)18(19(21)23-5-2)20(22)24-6-3/h8,10-13,17-18H,4-7,9,14-15H2,1-3H3. The molecule has 0 N–H and O–H groups in total. The Bertz CT molecular complexity index is 482. The Balaban J connectivity index is 2.88. The molecule has 1 unspecified atom stereocenters. The van der Waals surface area contributed by atoms with Crippen molar-refractivity contribution >= 4 is 11.9 Å². The van der Waals surface area contributed by atoms with E-state index in [1.807, 2.05) is 30.3 Å². The molecule has 1 aromatic rings. The van der Waals surface area contributed by atoms with Crippen LogP contribution in [0.3, 0.4) is 0 Å². The Morgan fingerprint density at radius 2 is 1.52 bits per heavy atom. The molecule has 0 saturated heterocycles. The second-order valence-corrected chi connectivity index (χ2v) is 5.81. The number of carbonyl (C=O) groups excluding carboxylic acids is 2. The van der Waals surface area contributed by atoms with E-state index in [4.69, 9.17) is 14.2 Å². The van der Waals surface area contributed by atoms with Gasteiger partial charge in [-0.15, -0.1) is 0 Å². The Morgan fingerprint density at radius 3 is 2.04 bits per heavy atom. The molecular weight excluding hydrogens is 320 g/mol. The second-order valence-electron chi connectivity index (χ2n) is 5.81. The van der Waals surface area contributed by atoms with Gasteiger partial charge < -0.3 is 14.2 Å². The molecule has 0 fully saturated rings. The van der Waals surface area contributed by atoms with E-state index in [0.717, 1.165) is 24.8 Å². The lowest BCUT2D eigenvalue weighted by Crippen LogP contribution is -2.39. The Kier molecular flexibility index (Phi) is 10.6. The number of benzene rings is 1. The minimum Gasteiger partial charge on any atom is -0.465 e. The quantitative estimate of drug-likeness (QED) is 0.325. The third-order valence-electron chi connectivity index (χ3n) is 3.85. The molecule has 5 heteroatoms. The molecule has 5 nitrogen and oxygen atoms in total. The first kappa shape index (κ1) is 21.2. The van der Waals surface area contributed by atoms with E-state index in [0.29, 0.717) is 13.0 Å². The lowest BCUT2D eigenvalue weighted by Gasteiger charge is -2.24. The molecule has 0 saturated carbocycles. The van der Waals surface area contributed by atoms with Gasteiger partial charge in [0.05, 0.1) is 25.9 Å². The number of unbranched alkanes of at least 4 members (excludes halogenated alkanes) is 2. The monoisotopic (exact) mass is 350 g/mol. The molecule has 0 aliphatic rings. The van der Waals surface area contributed by atoms with Crippen molar-refractivity contribution in [2.24, 2.45) is 5.92 Å². The van der Waals surface area contributed by atoms with E-state index in [2.05, 4.69) is 6.92 Å². The van der Waals surface area contributed by atoms with E-state index < -0.39 is 24.0 Å². The molecule has 0 amide bonds. The Labute approximate surface area is 150 Å². The fraction of sp³-hybridized carbons (Fsp3) is 0.600. The van der Waals surface area contributed by atoms with Gasteiger partial charge in [-0.3, -0.25) is 9.59 Å². The summed E-state index contributed by atoms with van der Waals surface area (Å²) < 4.78 is 16.2. The third kappa shape index (κ3) is 7.69. The molecule has 1 rings (SSSR count). The van der Waals surface area contributed by atoms with Crippen LogP contribution in [-0.4, -0.2) is 31.3 Å². The molecule has 1 atom stereocenters. The summed E-state index contributed by atoms with van der Waals surface area (Å²) in [7, 11) is 0. The van der Waals surface area contributed by atoms with Crippen molar-refractivity contribution in [3.05, 3.63) is 35.9 Å². The van der Waals surface area contributed by atoms with E-state index in [1.54, 1.807) is 13.8 Å². The van der Waals surface area contributed by atoms with Crippen LogP contribution >= 0.6 is 0 Å². The summed E-state index contributed by atoms with van der Waals surface area (Å²) in [6, 6.07) is 9.69. The smallest absolute Gasteiger partial charge is 0.323 e. The minimum atomic E-state index is -1.04. The topological polar surface area (TPSA) is 61.8 Å². The zero-order valence-corrected chi connectivity index (χ0v) is 15.5. The highest BCUT2D eigenvalue weighted by Gasteiger charge is 2.38. The van der Waals surface area contributed by atoms with Gasteiger partial charge in [-0.2, -0.15) is 0 Å². The summed E-state index contributed by atoms with van der Waals surface area (Å²) in [4.78, 5) is 24.7. The number of hydrogen-bond acceptors (Lipinski definition) is 5. The molecule has 0 aliphatic heterocycles. The number of ether oxygens (including phenoxy) is 3. The zero-order valence-electron chi connectivity index (χ0n) is 15.5. The average Bonchev–Trinajstić information content (AvgIpc) is 2.61. The Morgan fingerprint density at radius 1 is 0.920 bits per heavy atom. The average molecular weight is 350 g/mol. The van der Waals surface area contributed by atoms with Gasteiger partial charge in [-0.25, -0.2) is 0 Å². The van der Waals surface area contributed by atoms with Crippen LogP contribution in [0.25, 0.3) is 0 Å². The number of rotatable bonds is 12. The molecule has 0 heterocycles. The van der Waals surface area contributed by atoms with Gasteiger partial charge >= 0.3 is 11.9 Å². The van der Waals surface area contributed by atoms with Gasteiger partial charge in [-0.1, -0.05) is 56.5 Å². The fourth-order valence-corrected chi connectivity index (χ4v) is 2.58. The van der Waals surface area contributed by atoms with Crippen molar-refractivity contribution in [2.75, 3.05) is 13.2 Å². The van der Waals surface area contributed by atoms with Crippen molar-refractivity contribution in [1.29, 1.82) is 0 Å². The third-order valence-corrected chi connectivity index (χ3v) is 3.85. The summed E-state index contributed by atoms with van der Waals surface area (Å²) in [5.41, 5.74) is 0.995. The molecule has 0 aromatic heterocycles. The molecule has 0 bridgehead atoms. The van der Waals surface area contributed by atoms with Crippen LogP contribution in [0.4, 0.5) is 0 Å². The summed E-state index contributed by atoms with van der Waals surface area (Å²) >= 11 is 0. The largest absolute Gasteiger partial charge is 0.465 e. The van der Waals surface area contributed by atoms with E-state index in [9.17, 15) is 9.59 Å². The van der Waals surface area contributed by atoms with Crippen molar-refractivity contribution in [2.45, 2.75) is 59.2 Å². The molecule has 0 aliphatic carbocycles. The van der Waals surface area contributed by atoms with Crippen molar-refractivity contribution in [1.82, 2.24) is 0 Å². The van der Waals surface area contributed by atoms with Crippen LogP contribution in [0.2, 0.25) is 0 Å². The van der Waals surface area contributed by atoms with Crippen LogP contribution in [0.5, 0.6) is 0 Å². The Hall–Kier alpha value is -1.88. The van der Waals surface area contributed by atoms with Gasteiger partial charge in [0.2, 0.25) is 0 Å². The number of hydrogen-bond donors (Lipinski definition) is 0. The molecule has 0 spiro atoms. The first-order valence-corrected chi connectivity index (χ1v) is 9.12.